The Balaban J connectivity index is 4.44. The van der Waals surface area contributed by atoms with Gasteiger partial charge in [0.15, 0.2) is 0 Å². The first kappa shape index (κ1) is 50.6. The van der Waals surface area contributed by atoms with Crippen LogP contribution in [-0.4, -0.2) is 86.3 Å². The molecule has 0 rings (SSSR count). The van der Waals surface area contributed by atoms with E-state index < -0.39 is 19.8 Å². The number of hydrogen-bond donors (Lipinski definition) is 6. The van der Waals surface area contributed by atoms with E-state index in [4.69, 9.17) is 4.52 Å². The van der Waals surface area contributed by atoms with Gasteiger partial charge in [-0.2, -0.15) is 0 Å². The van der Waals surface area contributed by atoms with Gasteiger partial charge in [0, 0.05) is 32.1 Å². The highest BCUT2D eigenvalue weighted by Crippen LogP contribution is 2.39. The topological polar surface area (TPSA) is 149 Å². The number of hydrogen-bond acceptors (Lipinski definition) is 4. The normalized spacial score (nSPS) is 12.6. The lowest BCUT2D eigenvalue weighted by Crippen LogP contribution is -2.52. The summed E-state index contributed by atoms with van der Waals surface area (Å²) in [5.74, 6) is -0.561. The highest BCUT2D eigenvalue weighted by atomic mass is 31.2. The van der Waals surface area contributed by atoms with Gasteiger partial charge in [0.05, 0.1) is 21.1 Å². The van der Waals surface area contributed by atoms with Crippen molar-refractivity contribution in [3.05, 3.63) is 0 Å². The molecule has 0 aliphatic heterocycles. The van der Waals surface area contributed by atoms with Gasteiger partial charge in [-0.05, 0) is 12.8 Å². The molecule has 0 aliphatic rings. The standard InChI is InChI=1S/C40H84N5O6P/c1-6-8-10-12-14-16-18-20-22-24-26-28-30-32-41-39(46)43-34-37(38(36-45(3,4)5)51-52(48,49)50)35-44-40(47)42-33-31-29-27-25-23-21-19-17-15-13-11-9-7-2/h37-38H,6-36H2,1-5H3,(H5-,41,42,43,44,46,47,48,49,50)/p+1. The Morgan fingerprint density at radius 3 is 1.08 bits per heavy atom. The van der Waals surface area contributed by atoms with Crippen LogP contribution in [0.3, 0.4) is 0 Å². The van der Waals surface area contributed by atoms with Crippen LogP contribution in [-0.2, 0) is 9.09 Å². The molecule has 0 saturated heterocycles. The van der Waals surface area contributed by atoms with Gasteiger partial charge in [-0.25, -0.2) is 14.2 Å². The van der Waals surface area contributed by atoms with Gasteiger partial charge >= 0.3 is 19.9 Å². The van der Waals surface area contributed by atoms with Crippen LogP contribution in [0.2, 0.25) is 0 Å². The minimum absolute atomic E-state index is 0.0915. The number of rotatable bonds is 37. The Bertz CT molecular complexity index is 837. The SMILES string of the molecule is CCCCCCCCCCCCCCCNC(=O)NCC(CNC(=O)NCCCCCCCCCCCCCCC)C(C[N+](C)(C)C)OP(=O)(O)O. The zero-order chi connectivity index (χ0) is 38.8. The molecule has 1 unspecified atom stereocenters. The number of phosphoric ester groups is 1. The van der Waals surface area contributed by atoms with Crippen molar-refractivity contribution in [2.24, 2.45) is 5.92 Å². The Morgan fingerprint density at radius 1 is 0.519 bits per heavy atom. The molecule has 0 spiro atoms. The lowest BCUT2D eigenvalue weighted by molar-refractivity contribution is -0.873. The molecule has 0 aromatic heterocycles. The zero-order valence-corrected chi connectivity index (χ0v) is 35.4. The molecule has 0 aromatic carbocycles. The first-order chi connectivity index (χ1) is 24.9. The summed E-state index contributed by atoms with van der Waals surface area (Å²) in [7, 11) is 0.890. The summed E-state index contributed by atoms with van der Waals surface area (Å²) in [6, 6.07) is -0.674. The average molecular weight is 763 g/mol. The highest BCUT2D eigenvalue weighted by molar-refractivity contribution is 7.46. The molecule has 12 heteroatoms. The first-order valence-electron chi connectivity index (χ1n) is 21.5. The van der Waals surface area contributed by atoms with Crippen LogP contribution >= 0.6 is 7.82 Å². The van der Waals surface area contributed by atoms with Gasteiger partial charge in [0.2, 0.25) is 0 Å². The van der Waals surface area contributed by atoms with E-state index in [1.807, 2.05) is 21.1 Å². The molecule has 0 radical (unpaired) electrons. The monoisotopic (exact) mass is 763 g/mol. The summed E-state index contributed by atoms with van der Waals surface area (Å²) < 4.78 is 17.5. The molecule has 0 aliphatic carbocycles. The van der Waals surface area contributed by atoms with Crippen molar-refractivity contribution in [1.82, 2.24) is 21.3 Å². The van der Waals surface area contributed by atoms with Gasteiger partial charge in [-0.15, -0.1) is 0 Å². The Morgan fingerprint density at radius 2 is 0.808 bits per heavy atom. The van der Waals surface area contributed by atoms with E-state index in [2.05, 4.69) is 35.1 Å². The molecule has 6 N–H and O–H groups in total. The summed E-state index contributed by atoms with van der Waals surface area (Å²) in [6.07, 6.45) is 32.0. The molecule has 0 bridgehead atoms. The number of carbonyl (C=O) groups excluding carboxylic acids is 2. The lowest BCUT2D eigenvalue weighted by Gasteiger charge is -2.33. The molecular weight excluding hydrogens is 677 g/mol. The number of nitrogens with one attached hydrogen (secondary N) is 4. The van der Waals surface area contributed by atoms with Crippen LogP contribution < -0.4 is 21.3 Å². The Hall–Kier alpha value is -1.39. The second kappa shape index (κ2) is 34.1. The van der Waals surface area contributed by atoms with Crippen molar-refractivity contribution in [3.8, 4) is 0 Å². The maximum absolute atomic E-state index is 12.6. The lowest BCUT2D eigenvalue weighted by atomic mass is 10.0. The maximum atomic E-state index is 12.6. The van der Waals surface area contributed by atoms with Gasteiger partial charge < -0.3 is 35.5 Å². The average Bonchev–Trinajstić information content (AvgIpc) is 3.07. The molecule has 0 heterocycles. The van der Waals surface area contributed by atoms with E-state index in [0.717, 1.165) is 25.7 Å². The van der Waals surface area contributed by atoms with E-state index in [1.54, 1.807) is 0 Å². The van der Waals surface area contributed by atoms with Crippen molar-refractivity contribution in [1.29, 1.82) is 0 Å². The van der Waals surface area contributed by atoms with E-state index in [-0.39, 0.29) is 31.7 Å². The van der Waals surface area contributed by atoms with Crippen LogP contribution in [0.5, 0.6) is 0 Å². The quantitative estimate of drug-likeness (QED) is 0.0211. The molecule has 1 atom stereocenters. The van der Waals surface area contributed by atoms with E-state index >= 15 is 0 Å². The highest BCUT2D eigenvalue weighted by Gasteiger charge is 2.34. The van der Waals surface area contributed by atoms with Crippen LogP contribution in [0.15, 0.2) is 0 Å². The van der Waals surface area contributed by atoms with Crippen LogP contribution in [0.25, 0.3) is 0 Å². The summed E-state index contributed by atoms with van der Waals surface area (Å²) in [6.45, 7) is 6.10. The first-order valence-corrected chi connectivity index (χ1v) is 23.0. The van der Waals surface area contributed by atoms with Crippen molar-refractivity contribution in [2.75, 3.05) is 53.9 Å². The zero-order valence-electron chi connectivity index (χ0n) is 34.5. The number of amides is 4. The van der Waals surface area contributed by atoms with Crippen LogP contribution in [0, 0.1) is 5.92 Å². The number of quaternary nitrogens is 1. The second-order valence-corrected chi connectivity index (χ2v) is 17.3. The van der Waals surface area contributed by atoms with Gasteiger partial charge in [-0.3, -0.25) is 4.52 Å². The molecular formula is C40H85N5O6P+. The molecule has 310 valence electrons. The second-order valence-electron chi connectivity index (χ2n) is 16.1. The summed E-state index contributed by atoms with van der Waals surface area (Å²) in [4.78, 5) is 44.6. The third-order valence-electron chi connectivity index (χ3n) is 9.71. The fourth-order valence-electron chi connectivity index (χ4n) is 6.58. The summed E-state index contributed by atoms with van der Waals surface area (Å²) in [5, 5.41) is 11.5. The van der Waals surface area contributed by atoms with Gasteiger partial charge in [0.1, 0.15) is 12.6 Å². The molecule has 52 heavy (non-hydrogen) atoms. The van der Waals surface area contributed by atoms with Crippen molar-refractivity contribution >= 4 is 19.9 Å². The number of unbranched alkanes of at least 4 members (excludes halogenated alkanes) is 24. The fourth-order valence-corrected chi connectivity index (χ4v) is 7.17. The van der Waals surface area contributed by atoms with Crippen LogP contribution in [0.1, 0.15) is 181 Å². The van der Waals surface area contributed by atoms with Crippen LogP contribution in [0.4, 0.5) is 9.59 Å². The van der Waals surface area contributed by atoms with Crippen molar-refractivity contribution in [2.45, 2.75) is 187 Å². The summed E-state index contributed by atoms with van der Waals surface area (Å²) >= 11 is 0. The van der Waals surface area contributed by atoms with E-state index in [1.165, 1.54) is 141 Å². The Labute approximate surface area is 320 Å². The van der Waals surface area contributed by atoms with Crippen molar-refractivity contribution in [3.63, 3.8) is 0 Å². The van der Waals surface area contributed by atoms with Gasteiger partial charge in [0.25, 0.3) is 0 Å². The van der Waals surface area contributed by atoms with E-state index in [0.29, 0.717) is 17.6 Å². The molecule has 11 nitrogen and oxygen atoms in total. The Kier molecular flexibility index (Phi) is 33.2. The smallest absolute Gasteiger partial charge is 0.338 e. The number of carbonyl (C=O) groups is 2. The van der Waals surface area contributed by atoms with Crippen molar-refractivity contribution < 1.29 is 32.9 Å². The van der Waals surface area contributed by atoms with Gasteiger partial charge in [-0.1, -0.05) is 168 Å². The fraction of sp³-hybridized carbons (Fsp3) is 0.950. The molecule has 0 fully saturated rings. The minimum Gasteiger partial charge on any atom is -0.338 e. The maximum Gasteiger partial charge on any atom is 0.470 e. The predicted molar refractivity (Wildman–Crippen MR) is 217 cm³/mol. The number of likely N-dealkylation sites (N-methyl/N-ethyl adjacent to an activating group) is 1. The third-order valence-corrected chi connectivity index (χ3v) is 10.3. The number of urea groups is 2. The molecule has 0 saturated carbocycles. The number of phosphoric acid groups is 1. The third kappa shape index (κ3) is 36.9. The largest absolute Gasteiger partial charge is 0.470 e. The number of nitrogens with zero attached hydrogens (tertiary/aromatic N) is 1. The summed E-state index contributed by atoms with van der Waals surface area (Å²) in [5.41, 5.74) is 0. The molecule has 0 aromatic rings. The molecule has 4 amide bonds. The minimum atomic E-state index is -4.81. The predicted octanol–water partition coefficient (Wildman–Crippen LogP) is 9.57. The van der Waals surface area contributed by atoms with E-state index in [9.17, 15) is 23.9 Å².